The zero-order chi connectivity index (χ0) is 17.9. The number of aliphatic carboxylic acids is 1. The van der Waals surface area contributed by atoms with E-state index in [-0.39, 0.29) is 6.54 Å². The fourth-order valence-corrected chi connectivity index (χ4v) is 3.66. The number of carbonyl (C=O) groups is 1. The third-order valence-electron chi connectivity index (χ3n) is 5.49. The molecule has 2 N–H and O–H groups in total. The van der Waals surface area contributed by atoms with Crippen LogP contribution in [0.2, 0.25) is 0 Å². The minimum absolute atomic E-state index is 0.184. The van der Waals surface area contributed by atoms with Crippen molar-refractivity contribution in [3.8, 4) is 5.69 Å². The normalized spacial score (nSPS) is 22.3. The van der Waals surface area contributed by atoms with Crippen molar-refractivity contribution in [1.29, 1.82) is 0 Å². The molecular weight excluding hydrogens is 328 g/mol. The average Bonchev–Trinajstić information content (AvgIpc) is 3.22. The van der Waals surface area contributed by atoms with Gasteiger partial charge in [-0.15, -0.1) is 0 Å². The van der Waals surface area contributed by atoms with E-state index in [9.17, 15) is 4.79 Å². The van der Waals surface area contributed by atoms with Crippen molar-refractivity contribution in [3.05, 3.63) is 48.5 Å². The molecule has 2 fully saturated rings. The van der Waals surface area contributed by atoms with Gasteiger partial charge >= 0.3 is 5.97 Å². The molecule has 0 bridgehead atoms. The van der Waals surface area contributed by atoms with Crippen molar-refractivity contribution in [3.63, 3.8) is 0 Å². The van der Waals surface area contributed by atoms with Gasteiger partial charge in [0.2, 0.25) is 0 Å². The molecule has 2 aliphatic carbocycles. The number of rotatable bonds is 9. The van der Waals surface area contributed by atoms with E-state index < -0.39 is 5.97 Å². The molecule has 0 atom stereocenters. The summed E-state index contributed by atoms with van der Waals surface area (Å²) in [5.41, 5.74) is 2.37. The van der Waals surface area contributed by atoms with Crippen LogP contribution in [-0.4, -0.2) is 50.7 Å². The highest BCUT2D eigenvalue weighted by Gasteiger charge is 2.36. The van der Waals surface area contributed by atoms with Crippen LogP contribution in [0.25, 0.3) is 5.69 Å². The lowest BCUT2D eigenvalue weighted by Crippen LogP contribution is -2.54. The Hall–Kier alpha value is -2.18. The molecule has 138 valence electrons. The summed E-state index contributed by atoms with van der Waals surface area (Å²) in [6.07, 6.45) is 10.1. The topological polar surface area (TPSA) is 70.4 Å². The molecule has 1 heterocycles. The second kappa shape index (κ2) is 7.60. The van der Waals surface area contributed by atoms with E-state index in [1.807, 2.05) is 10.8 Å². The van der Waals surface area contributed by atoms with Gasteiger partial charge < -0.3 is 15.0 Å². The smallest absolute Gasteiger partial charge is 0.317 e. The van der Waals surface area contributed by atoms with Gasteiger partial charge in [-0.1, -0.05) is 12.1 Å². The molecule has 6 heteroatoms. The first-order valence-electron chi connectivity index (χ1n) is 9.44. The SMILES string of the molecule is O=C(O)CN(CC1CC1)C1CC(NCc2ccc(-n3ccnc3)cc2)C1. The molecule has 1 aromatic heterocycles. The molecule has 0 amide bonds. The Labute approximate surface area is 153 Å². The standard InChI is InChI=1S/C20H26N4O2/c25-20(26)13-24(12-16-1-2-16)19-9-17(10-19)22-11-15-3-5-18(6-4-15)23-8-7-21-14-23/h3-8,14,16-17,19,22H,1-2,9-13H2,(H,25,26). The summed E-state index contributed by atoms with van der Waals surface area (Å²) in [4.78, 5) is 17.3. The van der Waals surface area contributed by atoms with Crippen LogP contribution in [0.3, 0.4) is 0 Å². The Bertz CT molecular complexity index is 719. The third-order valence-corrected chi connectivity index (χ3v) is 5.49. The summed E-state index contributed by atoms with van der Waals surface area (Å²) in [5, 5.41) is 12.7. The first kappa shape index (κ1) is 17.2. The van der Waals surface area contributed by atoms with Crippen LogP contribution >= 0.6 is 0 Å². The summed E-state index contributed by atoms with van der Waals surface area (Å²) < 4.78 is 1.99. The molecule has 0 radical (unpaired) electrons. The third kappa shape index (κ3) is 4.31. The number of nitrogens with one attached hydrogen (secondary N) is 1. The molecule has 0 unspecified atom stereocenters. The fourth-order valence-electron chi connectivity index (χ4n) is 3.66. The Balaban J connectivity index is 1.23. The van der Waals surface area contributed by atoms with Crippen molar-refractivity contribution >= 4 is 5.97 Å². The minimum Gasteiger partial charge on any atom is -0.480 e. The highest BCUT2D eigenvalue weighted by atomic mass is 16.4. The number of carboxylic acids is 1. The Morgan fingerprint density at radius 2 is 2.04 bits per heavy atom. The van der Waals surface area contributed by atoms with Gasteiger partial charge in [0.25, 0.3) is 0 Å². The number of nitrogens with zero attached hydrogens (tertiary/aromatic N) is 3. The largest absolute Gasteiger partial charge is 0.480 e. The summed E-state index contributed by atoms with van der Waals surface area (Å²) in [6.45, 7) is 1.99. The number of benzene rings is 1. The molecular formula is C20H26N4O2. The molecule has 26 heavy (non-hydrogen) atoms. The van der Waals surface area contributed by atoms with E-state index >= 15 is 0 Å². The van der Waals surface area contributed by atoms with Gasteiger partial charge in [-0.2, -0.15) is 0 Å². The van der Waals surface area contributed by atoms with Crippen molar-refractivity contribution < 1.29 is 9.90 Å². The van der Waals surface area contributed by atoms with Gasteiger partial charge in [-0.25, -0.2) is 4.98 Å². The van der Waals surface area contributed by atoms with E-state index in [0.717, 1.165) is 37.5 Å². The van der Waals surface area contributed by atoms with Crippen molar-refractivity contribution in [2.45, 2.75) is 44.3 Å². The van der Waals surface area contributed by atoms with Crippen LogP contribution in [-0.2, 0) is 11.3 Å². The first-order valence-corrected chi connectivity index (χ1v) is 9.44. The average molecular weight is 354 g/mol. The minimum atomic E-state index is -0.708. The first-order chi connectivity index (χ1) is 12.7. The van der Waals surface area contributed by atoms with Crippen LogP contribution in [0, 0.1) is 5.92 Å². The molecule has 0 saturated heterocycles. The lowest BCUT2D eigenvalue weighted by Gasteiger charge is -2.43. The molecule has 2 aliphatic rings. The molecule has 2 aromatic rings. The van der Waals surface area contributed by atoms with Gasteiger partial charge in [-0.05, 0) is 49.3 Å². The van der Waals surface area contributed by atoms with Crippen LogP contribution in [0.4, 0.5) is 0 Å². The molecule has 1 aromatic carbocycles. The van der Waals surface area contributed by atoms with Crippen molar-refractivity contribution in [1.82, 2.24) is 19.8 Å². The Morgan fingerprint density at radius 3 is 2.65 bits per heavy atom. The monoisotopic (exact) mass is 354 g/mol. The molecule has 2 saturated carbocycles. The number of carboxylic acid groups (broad SMARTS) is 1. The Kier molecular flexibility index (Phi) is 5.04. The summed E-state index contributed by atoms with van der Waals surface area (Å²) in [7, 11) is 0. The van der Waals surface area contributed by atoms with E-state index in [2.05, 4.69) is 39.5 Å². The van der Waals surface area contributed by atoms with Crippen LogP contribution in [0.5, 0.6) is 0 Å². The number of aromatic nitrogens is 2. The fraction of sp³-hybridized carbons (Fsp3) is 0.500. The lowest BCUT2D eigenvalue weighted by atomic mass is 9.85. The lowest BCUT2D eigenvalue weighted by molar-refractivity contribution is -0.139. The maximum atomic E-state index is 11.1. The van der Waals surface area contributed by atoms with Gasteiger partial charge in [-0.3, -0.25) is 9.69 Å². The Morgan fingerprint density at radius 1 is 1.27 bits per heavy atom. The van der Waals surface area contributed by atoms with Crippen molar-refractivity contribution in [2.24, 2.45) is 5.92 Å². The van der Waals surface area contributed by atoms with E-state index in [1.54, 1.807) is 12.5 Å². The highest BCUT2D eigenvalue weighted by molar-refractivity contribution is 5.69. The van der Waals surface area contributed by atoms with Gasteiger partial charge in [0.1, 0.15) is 0 Å². The van der Waals surface area contributed by atoms with Gasteiger partial charge in [0, 0.05) is 43.3 Å². The summed E-state index contributed by atoms with van der Waals surface area (Å²) >= 11 is 0. The van der Waals surface area contributed by atoms with E-state index in [0.29, 0.717) is 12.1 Å². The molecule has 0 spiro atoms. The maximum absolute atomic E-state index is 11.1. The predicted octanol–water partition coefficient (Wildman–Crippen LogP) is 2.29. The van der Waals surface area contributed by atoms with Crippen LogP contribution in [0.1, 0.15) is 31.2 Å². The summed E-state index contributed by atoms with van der Waals surface area (Å²) in [6, 6.07) is 9.40. The second-order valence-electron chi connectivity index (χ2n) is 7.61. The van der Waals surface area contributed by atoms with Crippen LogP contribution in [0.15, 0.2) is 43.0 Å². The predicted molar refractivity (Wildman–Crippen MR) is 99.1 cm³/mol. The van der Waals surface area contributed by atoms with Crippen molar-refractivity contribution in [2.75, 3.05) is 13.1 Å². The quantitative estimate of drug-likeness (QED) is 0.723. The van der Waals surface area contributed by atoms with Gasteiger partial charge in [0.05, 0.1) is 12.9 Å². The number of imidazole rings is 1. The highest BCUT2D eigenvalue weighted by Crippen LogP contribution is 2.33. The second-order valence-corrected chi connectivity index (χ2v) is 7.61. The van der Waals surface area contributed by atoms with E-state index in [1.165, 1.54) is 18.4 Å². The molecule has 4 rings (SSSR count). The number of hydrogen-bond acceptors (Lipinski definition) is 4. The van der Waals surface area contributed by atoms with Crippen LogP contribution < -0.4 is 5.32 Å². The van der Waals surface area contributed by atoms with Gasteiger partial charge in [0.15, 0.2) is 0 Å². The van der Waals surface area contributed by atoms with E-state index in [4.69, 9.17) is 5.11 Å². The zero-order valence-electron chi connectivity index (χ0n) is 14.9. The zero-order valence-corrected chi connectivity index (χ0v) is 14.9. The number of hydrogen-bond donors (Lipinski definition) is 2. The molecule has 0 aliphatic heterocycles. The summed E-state index contributed by atoms with van der Waals surface area (Å²) in [5.74, 6) is 0.0235. The maximum Gasteiger partial charge on any atom is 0.317 e. The molecule has 6 nitrogen and oxygen atoms in total.